The number of nitrogens with two attached hydrogens (primary N) is 1. The van der Waals surface area contributed by atoms with Crippen molar-refractivity contribution in [3.63, 3.8) is 0 Å². The highest BCUT2D eigenvalue weighted by atomic mass is 16.6. The van der Waals surface area contributed by atoms with Gasteiger partial charge in [0.2, 0.25) is 5.52 Å². The number of carbonyl (C=O) groups excluding carboxylic acids is 1. The molecule has 0 saturated carbocycles. The van der Waals surface area contributed by atoms with E-state index in [0.717, 1.165) is 32.1 Å². The molecule has 5 N–H and O–H groups in total. The molecule has 230 valence electrons. The molecule has 0 aliphatic rings. The number of ketones is 1. The maximum Gasteiger partial charge on any atom is 0.300 e. The number of aliphatic hydroxyl groups is 2. The Morgan fingerprint density at radius 3 is 2.20 bits per heavy atom. The monoisotopic (exact) mass is 575 g/mol. The van der Waals surface area contributed by atoms with Gasteiger partial charge in [-0.25, -0.2) is 4.63 Å². The molecule has 0 aliphatic carbocycles. The van der Waals surface area contributed by atoms with E-state index < -0.39 is 17.1 Å². The van der Waals surface area contributed by atoms with Crippen molar-refractivity contribution in [1.29, 1.82) is 0 Å². The van der Waals surface area contributed by atoms with Gasteiger partial charge in [0.05, 0.1) is 29.4 Å². The fourth-order valence-electron chi connectivity index (χ4n) is 4.85. The van der Waals surface area contributed by atoms with Crippen LogP contribution >= 0.6 is 0 Å². The van der Waals surface area contributed by atoms with E-state index in [2.05, 4.69) is 27.2 Å². The number of fused-ring (bicyclic) bond motifs is 1. The zero-order valence-corrected chi connectivity index (χ0v) is 24.6. The third-order valence-corrected chi connectivity index (χ3v) is 7.42. The van der Waals surface area contributed by atoms with Crippen LogP contribution in [0.4, 0.5) is 11.4 Å². The van der Waals surface area contributed by atoms with Gasteiger partial charge in [-0.15, -0.1) is 0 Å². The average molecular weight is 576 g/mol. The van der Waals surface area contributed by atoms with Gasteiger partial charge in [-0.05, 0) is 53.7 Å². The Morgan fingerprint density at radius 1 is 0.976 bits per heavy atom. The van der Waals surface area contributed by atoms with Crippen LogP contribution in [0.3, 0.4) is 0 Å². The second kappa shape index (κ2) is 20.1. The normalized spacial score (nSPS) is 13.4. The van der Waals surface area contributed by atoms with E-state index in [-0.39, 0.29) is 23.6 Å². The number of aromatic nitrogens is 2. The van der Waals surface area contributed by atoms with E-state index >= 15 is 0 Å². The fraction of sp³-hybridized carbons (Fsp3) is 0.700. The Labute approximate surface area is 243 Å². The molecule has 1 heterocycles. The van der Waals surface area contributed by atoms with E-state index in [0.29, 0.717) is 42.6 Å². The minimum absolute atomic E-state index is 0.0139. The van der Waals surface area contributed by atoms with Crippen LogP contribution in [0.5, 0.6) is 0 Å². The van der Waals surface area contributed by atoms with Crippen molar-refractivity contribution in [2.45, 2.75) is 122 Å². The van der Waals surface area contributed by atoms with E-state index in [1.807, 2.05) is 0 Å². The molecule has 11 nitrogen and oxygen atoms in total. The number of anilines is 1. The smallest absolute Gasteiger partial charge is 0.300 e. The maximum atomic E-state index is 13.0. The molecule has 2 rings (SSSR count). The molecule has 0 amide bonds. The summed E-state index contributed by atoms with van der Waals surface area (Å²) in [6.45, 7) is 2.48. The summed E-state index contributed by atoms with van der Waals surface area (Å²) >= 11 is 0. The van der Waals surface area contributed by atoms with Gasteiger partial charge in [-0.3, -0.25) is 14.9 Å². The van der Waals surface area contributed by atoms with Crippen LogP contribution in [-0.4, -0.2) is 56.5 Å². The predicted octanol–water partition coefficient (Wildman–Crippen LogP) is 5.98. The minimum Gasteiger partial charge on any atom is -0.395 e. The Kier molecular flexibility index (Phi) is 16.8. The molecule has 0 radical (unpaired) electrons. The first kappa shape index (κ1) is 34.3. The first-order valence-electron chi connectivity index (χ1n) is 15.3. The number of allylic oxidation sites excluding steroid dienone is 1. The summed E-state index contributed by atoms with van der Waals surface area (Å²) < 4.78 is 4.68. The first-order valence-corrected chi connectivity index (χ1v) is 15.3. The zero-order chi connectivity index (χ0) is 29.9. The van der Waals surface area contributed by atoms with Gasteiger partial charge in [0.1, 0.15) is 0 Å². The van der Waals surface area contributed by atoms with Gasteiger partial charge in [0.25, 0.3) is 0 Å². The fourth-order valence-corrected chi connectivity index (χ4v) is 4.85. The third kappa shape index (κ3) is 12.7. The quantitative estimate of drug-likeness (QED) is 0.0503. The topological polar surface area (TPSA) is 178 Å². The number of rotatable bonds is 24. The molecule has 2 unspecified atom stereocenters. The van der Waals surface area contributed by atoms with Crippen molar-refractivity contribution >= 4 is 28.2 Å². The average Bonchev–Trinajstić information content (AvgIpc) is 3.46. The number of unbranched alkanes of at least 4 members (excludes halogenated alkanes) is 12. The number of nitrogens with zero attached hydrogens (tertiary/aromatic N) is 3. The Balaban J connectivity index is 1.71. The number of Topliss-reactive ketones (excluding diaryl/α,β-unsaturated/α-hetero) is 1. The van der Waals surface area contributed by atoms with Crippen molar-refractivity contribution in [2.24, 2.45) is 5.73 Å². The third-order valence-electron chi connectivity index (χ3n) is 7.42. The second-order valence-electron chi connectivity index (χ2n) is 10.8. The van der Waals surface area contributed by atoms with Gasteiger partial charge in [-0.2, -0.15) is 0 Å². The summed E-state index contributed by atoms with van der Waals surface area (Å²) in [7, 11) is 0. The molecule has 0 fully saturated rings. The van der Waals surface area contributed by atoms with Crippen LogP contribution in [0.15, 0.2) is 28.4 Å². The molecule has 0 aliphatic heterocycles. The number of carbonyl (C=O) groups is 1. The predicted molar refractivity (Wildman–Crippen MR) is 161 cm³/mol. The summed E-state index contributed by atoms with van der Waals surface area (Å²) in [4.78, 5) is 23.6. The molecule has 0 saturated heterocycles. The molecular formula is C30H49N5O6. The molecule has 2 atom stereocenters. The summed E-state index contributed by atoms with van der Waals surface area (Å²) in [5.41, 5.74) is 7.23. The molecule has 1 aromatic heterocycles. The summed E-state index contributed by atoms with van der Waals surface area (Å²) in [6, 6.07) is 2.14. The lowest BCUT2D eigenvalue weighted by atomic mass is 9.96. The second-order valence-corrected chi connectivity index (χ2v) is 10.8. The molecule has 2 aromatic rings. The van der Waals surface area contributed by atoms with Crippen molar-refractivity contribution in [3.05, 3.63) is 33.9 Å². The number of nitro groups is 1. The van der Waals surface area contributed by atoms with Crippen LogP contribution in [0.25, 0.3) is 11.0 Å². The number of aliphatic hydroxyl groups excluding tert-OH is 2. The van der Waals surface area contributed by atoms with E-state index in [4.69, 9.17) is 5.73 Å². The van der Waals surface area contributed by atoms with Gasteiger partial charge in [-0.1, -0.05) is 77.6 Å². The lowest BCUT2D eigenvalue weighted by Crippen LogP contribution is -2.37. The summed E-state index contributed by atoms with van der Waals surface area (Å²) in [6.07, 6.45) is 17.2. The molecule has 1 aromatic carbocycles. The van der Waals surface area contributed by atoms with Crippen LogP contribution in [0.1, 0.15) is 110 Å². The number of non-ortho nitro benzene ring substituents is 1. The van der Waals surface area contributed by atoms with Crippen LogP contribution in [0, 0.1) is 10.1 Å². The van der Waals surface area contributed by atoms with Crippen LogP contribution in [0.2, 0.25) is 0 Å². The molecule has 11 heteroatoms. The van der Waals surface area contributed by atoms with E-state index in [1.165, 1.54) is 63.5 Å². The Hall–Kier alpha value is -2.89. The summed E-state index contributed by atoms with van der Waals surface area (Å²) in [5, 5.41) is 41.3. The number of hydrogen-bond donors (Lipinski definition) is 4. The SMILES string of the molecule is CCCCCCCCCCCCCC(=CC(O)C(N)CO)C(=O)CCCCCNc1ccc([N+](=O)[O-])c2nonc12. The maximum absolute atomic E-state index is 13.0. The first-order chi connectivity index (χ1) is 19.9. The van der Waals surface area contributed by atoms with E-state index in [1.54, 1.807) is 6.07 Å². The number of benzene rings is 1. The lowest BCUT2D eigenvalue weighted by molar-refractivity contribution is -0.383. The minimum atomic E-state index is -1.06. The molecule has 41 heavy (non-hydrogen) atoms. The van der Waals surface area contributed by atoms with Gasteiger partial charge in [0, 0.05) is 19.0 Å². The van der Waals surface area contributed by atoms with Crippen LogP contribution in [-0.2, 0) is 4.79 Å². The van der Waals surface area contributed by atoms with Gasteiger partial charge >= 0.3 is 5.69 Å². The van der Waals surface area contributed by atoms with Crippen molar-refractivity contribution < 1.29 is 24.6 Å². The van der Waals surface area contributed by atoms with Gasteiger partial charge < -0.3 is 21.3 Å². The van der Waals surface area contributed by atoms with Crippen molar-refractivity contribution in [2.75, 3.05) is 18.5 Å². The van der Waals surface area contributed by atoms with Crippen molar-refractivity contribution in [3.8, 4) is 0 Å². The number of nitrogens with one attached hydrogen (secondary N) is 1. The Bertz CT molecular complexity index is 1070. The molecule has 0 spiro atoms. The zero-order valence-electron chi connectivity index (χ0n) is 24.6. The Morgan fingerprint density at radius 2 is 1.56 bits per heavy atom. The molecular weight excluding hydrogens is 526 g/mol. The highest BCUT2D eigenvalue weighted by molar-refractivity contribution is 5.95. The van der Waals surface area contributed by atoms with E-state index in [9.17, 15) is 25.1 Å². The highest BCUT2D eigenvalue weighted by Crippen LogP contribution is 2.28. The number of nitro benzene ring substituents is 1. The summed E-state index contributed by atoms with van der Waals surface area (Å²) in [5.74, 6) is 0.0139. The highest BCUT2D eigenvalue weighted by Gasteiger charge is 2.19. The van der Waals surface area contributed by atoms with Gasteiger partial charge in [0.15, 0.2) is 11.3 Å². The lowest BCUT2D eigenvalue weighted by Gasteiger charge is -2.15. The largest absolute Gasteiger partial charge is 0.395 e. The number of hydrogen-bond acceptors (Lipinski definition) is 10. The van der Waals surface area contributed by atoms with Crippen LogP contribution < -0.4 is 11.1 Å². The standard InChI is InChI=1S/C30H49N5O6/c1-2-3-4-5-6-7-8-9-10-11-13-16-23(21-28(38)24(31)22-36)27(37)17-14-12-15-20-32-25-18-19-26(35(39)40)30-29(25)33-41-34-30/h18-19,21,24,28,32,36,38H,2-17,20,22,31H2,1H3. The van der Waals surface area contributed by atoms with Crippen molar-refractivity contribution in [1.82, 2.24) is 10.3 Å². The molecule has 0 bridgehead atoms.